The van der Waals surface area contributed by atoms with Crippen LogP contribution in [0.15, 0.2) is 24.3 Å². The first-order valence-electron chi connectivity index (χ1n) is 7.33. The van der Waals surface area contributed by atoms with E-state index in [1.807, 2.05) is 18.2 Å². The molecule has 120 valence electrons. The van der Waals surface area contributed by atoms with Crippen LogP contribution in [0.4, 0.5) is 0 Å². The smallest absolute Gasteiger partial charge is 0.305 e. The van der Waals surface area contributed by atoms with Crippen molar-refractivity contribution < 1.29 is 14.7 Å². The summed E-state index contributed by atoms with van der Waals surface area (Å²) in [5.74, 6) is -0.988. The highest BCUT2D eigenvalue weighted by Gasteiger charge is 2.10. The summed E-state index contributed by atoms with van der Waals surface area (Å²) in [6.07, 6.45) is 2.72. The second-order valence-corrected chi connectivity index (χ2v) is 5.39. The van der Waals surface area contributed by atoms with Gasteiger partial charge < -0.3 is 16.2 Å². The average molecular weight is 305 g/mol. The number of benzene rings is 1. The molecule has 0 spiro atoms. The molecular formula is C16H23N3O3. The lowest BCUT2D eigenvalue weighted by molar-refractivity contribution is -0.137. The minimum absolute atomic E-state index is 0.0497. The largest absolute Gasteiger partial charge is 0.481 e. The number of carboxylic acid groups (broad SMARTS) is 1. The summed E-state index contributed by atoms with van der Waals surface area (Å²) in [7, 11) is 0. The van der Waals surface area contributed by atoms with Crippen molar-refractivity contribution >= 4 is 17.7 Å². The molecule has 0 aliphatic heterocycles. The molecule has 6 nitrogen and oxygen atoms in total. The lowest BCUT2D eigenvalue weighted by atomic mass is 10.0. The summed E-state index contributed by atoms with van der Waals surface area (Å²) in [6.45, 7) is 1.68. The molecule has 1 amide bonds. The van der Waals surface area contributed by atoms with Crippen LogP contribution < -0.4 is 11.1 Å². The SMILES string of the molecule is CC(CC(=O)O)NC(=O)CCCCc1cccc(C(=N)N)c1. The number of amidine groups is 1. The summed E-state index contributed by atoms with van der Waals surface area (Å²) in [4.78, 5) is 22.1. The number of nitrogens with one attached hydrogen (secondary N) is 2. The van der Waals surface area contributed by atoms with Crippen LogP contribution in [-0.4, -0.2) is 28.9 Å². The third kappa shape index (κ3) is 6.88. The molecule has 5 N–H and O–H groups in total. The van der Waals surface area contributed by atoms with Crippen molar-refractivity contribution in [3.63, 3.8) is 0 Å². The highest BCUT2D eigenvalue weighted by molar-refractivity contribution is 5.95. The van der Waals surface area contributed by atoms with E-state index >= 15 is 0 Å². The Labute approximate surface area is 130 Å². The Morgan fingerprint density at radius 3 is 2.73 bits per heavy atom. The molecule has 0 aromatic heterocycles. The van der Waals surface area contributed by atoms with Crippen molar-refractivity contribution in [2.24, 2.45) is 5.73 Å². The first-order chi connectivity index (χ1) is 10.4. The Bertz CT molecular complexity index is 543. The van der Waals surface area contributed by atoms with Crippen LogP contribution in [0.5, 0.6) is 0 Å². The van der Waals surface area contributed by atoms with Gasteiger partial charge in [0.15, 0.2) is 0 Å². The highest BCUT2D eigenvalue weighted by atomic mass is 16.4. The number of unbranched alkanes of at least 4 members (excludes halogenated alkanes) is 1. The predicted octanol–water partition coefficient (Wildman–Crippen LogP) is 1.66. The fourth-order valence-electron chi connectivity index (χ4n) is 2.17. The van der Waals surface area contributed by atoms with Gasteiger partial charge in [0.25, 0.3) is 0 Å². The van der Waals surface area contributed by atoms with Crippen LogP contribution in [0.25, 0.3) is 0 Å². The van der Waals surface area contributed by atoms with Crippen LogP contribution in [0.1, 0.15) is 43.7 Å². The molecule has 1 unspecified atom stereocenters. The molecule has 0 aliphatic rings. The van der Waals surface area contributed by atoms with E-state index in [1.165, 1.54) is 0 Å². The molecule has 0 heterocycles. The lowest BCUT2D eigenvalue weighted by Gasteiger charge is -2.11. The summed E-state index contributed by atoms with van der Waals surface area (Å²) >= 11 is 0. The molecular weight excluding hydrogens is 282 g/mol. The summed E-state index contributed by atoms with van der Waals surface area (Å²) < 4.78 is 0. The van der Waals surface area contributed by atoms with E-state index in [2.05, 4.69) is 5.32 Å². The zero-order valence-corrected chi connectivity index (χ0v) is 12.8. The Morgan fingerprint density at radius 2 is 2.09 bits per heavy atom. The summed E-state index contributed by atoms with van der Waals surface area (Å²) in [5.41, 5.74) is 7.24. The number of carbonyl (C=O) groups is 2. The fraction of sp³-hybridized carbons (Fsp3) is 0.438. The van der Waals surface area contributed by atoms with Gasteiger partial charge in [0.05, 0.1) is 6.42 Å². The summed E-state index contributed by atoms with van der Waals surface area (Å²) in [5, 5.41) is 18.7. The van der Waals surface area contributed by atoms with Crippen LogP contribution >= 0.6 is 0 Å². The van der Waals surface area contributed by atoms with Crippen LogP contribution in [0.3, 0.4) is 0 Å². The second-order valence-electron chi connectivity index (χ2n) is 5.39. The number of hydrogen-bond donors (Lipinski definition) is 4. The minimum Gasteiger partial charge on any atom is -0.481 e. The minimum atomic E-state index is -0.918. The van der Waals surface area contributed by atoms with E-state index in [1.54, 1.807) is 13.0 Å². The topological polar surface area (TPSA) is 116 Å². The maximum Gasteiger partial charge on any atom is 0.305 e. The number of aryl methyl sites for hydroxylation is 1. The van der Waals surface area contributed by atoms with Crippen LogP contribution in [0.2, 0.25) is 0 Å². The van der Waals surface area contributed by atoms with Crippen molar-refractivity contribution in [1.82, 2.24) is 5.32 Å². The van der Waals surface area contributed by atoms with E-state index < -0.39 is 5.97 Å². The molecule has 0 saturated carbocycles. The number of carboxylic acids is 1. The Morgan fingerprint density at radius 1 is 1.36 bits per heavy atom. The standard InChI is InChI=1S/C16H23N3O3/c1-11(9-15(21)22)19-14(20)8-3-2-5-12-6-4-7-13(10-12)16(17)18/h4,6-7,10-11H,2-3,5,8-9H2,1H3,(H3,17,18)(H,19,20)(H,21,22). The Kier molecular flexibility index (Phi) is 7.08. The molecule has 0 saturated heterocycles. The first kappa shape index (κ1) is 17.7. The van der Waals surface area contributed by atoms with Gasteiger partial charge in [-0.05, 0) is 37.8 Å². The second kappa shape index (κ2) is 8.81. The van der Waals surface area contributed by atoms with Gasteiger partial charge in [-0.15, -0.1) is 0 Å². The molecule has 1 rings (SSSR count). The Hall–Kier alpha value is -2.37. The maximum absolute atomic E-state index is 11.6. The van der Waals surface area contributed by atoms with Gasteiger partial charge in [-0.2, -0.15) is 0 Å². The van der Waals surface area contributed by atoms with Crippen LogP contribution in [0, 0.1) is 5.41 Å². The first-order valence-corrected chi connectivity index (χ1v) is 7.33. The molecule has 0 aliphatic carbocycles. The van der Waals surface area contributed by atoms with Crippen molar-refractivity contribution in [2.45, 2.75) is 45.1 Å². The van der Waals surface area contributed by atoms with E-state index in [0.717, 1.165) is 24.8 Å². The number of nitrogen functional groups attached to an aromatic ring is 1. The molecule has 0 radical (unpaired) electrons. The molecule has 0 bridgehead atoms. The van der Waals surface area contributed by atoms with Gasteiger partial charge in [-0.1, -0.05) is 18.2 Å². The van der Waals surface area contributed by atoms with Gasteiger partial charge >= 0.3 is 5.97 Å². The van der Waals surface area contributed by atoms with Crippen molar-refractivity contribution in [2.75, 3.05) is 0 Å². The summed E-state index contributed by atoms with van der Waals surface area (Å²) in [6, 6.07) is 7.17. The van der Waals surface area contributed by atoms with Gasteiger partial charge in [0, 0.05) is 18.0 Å². The zero-order valence-electron chi connectivity index (χ0n) is 12.8. The maximum atomic E-state index is 11.6. The lowest BCUT2D eigenvalue weighted by Crippen LogP contribution is -2.33. The van der Waals surface area contributed by atoms with Crippen molar-refractivity contribution in [1.29, 1.82) is 5.41 Å². The number of carbonyl (C=O) groups excluding carboxylic acids is 1. The van der Waals surface area contributed by atoms with Crippen molar-refractivity contribution in [3.05, 3.63) is 35.4 Å². The van der Waals surface area contributed by atoms with E-state index in [9.17, 15) is 9.59 Å². The number of rotatable bonds is 9. The molecule has 1 atom stereocenters. The number of hydrogen-bond acceptors (Lipinski definition) is 3. The molecule has 1 aromatic rings. The van der Waals surface area contributed by atoms with Gasteiger partial charge in [-0.3, -0.25) is 15.0 Å². The quantitative estimate of drug-likeness (QED) is 0.315. The van der Waals surface area contributed by atoms with E-state index in [4.69, 9.17) is 16.2 Å². The predicted molar refractivity (Wildman–Crippen MR) is 84.9 cm³/mol. The van der Waals surface area contributed by atoms with Gasteiger partial charge in [0.2, 0.25) is 5.91 Å². The normalized spacial score (nSPS) is 11.7. The Balaban J connectivity index is 2.27. The fourth-order valence-corrected chi connectivity index (χ4v) is 2.17. The van der Waals surface area contributed by atoms with Crippen molar-refractivity contribution in [3.8, 4) is 0 Å². The highest BCUT2D eigenvalue weighted by Crippen LogP contribution is 2.09. The molecule has 22 heavy (non-hydrogen) atoms. The number of nitrogens with two attached hydrogens (primary N) is 1. The monoisotopic (exact) mass is 305 g/mol. The molecule has 0 fully saturated rings. The third-order valence-corrected chi connectivity index (χ3v) is 3.25. The number of aliphatic carboxylic acids is 1. The molecule has 6 heteroatoms. The van der Waals surface area contributed by atoms with E-state index in [0.29, 0.717) is 12.0 Å². The van der Waals surface area contributed by atoms with E-state index in [-0.39, 0.29) is 24.2 Å². The third-order valence-electron chi connectivity index (χ3n) is 3.25. The van der Waals surface area contributed by atoms with Gasteiger partial charge in [0.1, 0.15) is 5.84 Å². The molecule has 1 aromatic carbocycles. The van der Waals surface area contributed by atoms with Gasteiger partial charge in [-0.25, -0.2) is 0 Å². The zero-order chi connectivity index (χ0) is 16.5. The number of amides is 1. The average Bonchev–Trinajstić information content (AvgIpc) is 2.43. The van der Waals surface area contributed by atoms with Crippen LogP contribution in [-0.2, 0) is 16.0 Å².